The molecule has 1 aromatic heterocycles. The molecule has 3 rings (SSSR count). The number of hydrogen-bond acceptors (Lipinski definition) is 2. The average Bonchev–Trinajstić information content (AvgIpc) is 3.13. The predicted molar refractivity (Wildman–Crippen MR) is 67.3 cm³/mol. The number of halogens is 4. The van der Waals surface area contributed by atoms with Gasteiger partial charge in [0.15, 0.2) is 0 Å². The van der Waals surface area contributed by atoms with Gasteiger partial charge in [-0.2, -0.15) is 18.4 Å². The third kappa shape index (κ3) is 1.70. The maximum absolute atomic E-state index is 13.3. The maximum atomic E-state index is 13.3. The Balaban J connectivity index is 2.31. The van der Waals surface area contributed by atoms with Gasteiger partial charge >= 0.3 is 6.18 Å². The van der Waals surface area contributed by atoms with Gasteiger partial charge < -0.3 is 4.57 Å². The third-order valence-corrected chi connectivity index (χ3v) is 3.89. The second kappa shape index (κ2) is 4.13. The number of fused-ring (bicyclic) bond motifs is 1. The monoisotopic (exact) mass is 299 g/mol. The second-order valence-corrected chi connectivity index (χ2v) is 5.11. The van der Waals surface area contributed by atoms with Crippen molar-refractivity contribution in [1.82, 2.24) is 9.55 Å². The Morgan fingerprint density at radius 1 is 1.40 bits per heavy atom. The van der Waals surface area contributed by atoms with Gasteiger partial charge in [0.2, 0.25) is 0 Å². The van der Waals surface area contributed by atoms with Crippen LogP contribution in [0.2, 0.25) is 0 Å². The molecule has 0 spiro atoms. The SMILES string of the molecule is N#Cc1ccc2nc(CCl)n(C3(C(F)(F)F)CC3)c2c1. The molecule has 2 aromatic rings. The smallest absolute Gasteiger partial charge is 0.311 e. The van der Waals surface area contributed by atoms with Gasteiger partial charge in [0, 0.05) is 0 Å². The van der Waals surface area contributed by atoms with Crippen molar-refractivity contribution in [3.63, 3.8) is 0 Å². The van der Waals surface area contributed by atoms with E-state index in [0.29, 0.717) is 16.6 Å². The van der Waals surface area contributed by atoms with Crippen LogP contribution in [0.4, 0.5) is 13.2 Å². The summed E-state index contributed by atoms with van der Waals surface area (Å²) in [6.45, 7) is 0. The highest BCUT2D eigenvalue weighted by atomic mass is 35.5. The van der Waals surface area contributed by atoms with E-state index in [0.717, 1.165) is 4.57 Å². The highest BCUT2D eigenvalue weighted by molar-refractivity contribution is 6.16. The molecule has 104 valence electrons. The molecule has 1 saturated carbocycles. The lowest BCUT2D eigenvalue weighted by atomic mass is 10.2. The molecule has 0 unspecified atom stereocenters. The summed E-state index contributed by atoms with van der Waals surface area (Å²) in [6, 6.07) is 6.44. The molecule has 20 heavy (non-hydrogen) atoms. The zero-order valence-corrected chi connectivity index (χ0v) is 11.0. The van der Waals surface area contributed by atoms with E-state index < -0.39 is 11.7 Å². The molecule has 1 aliphatic rings. The number of rotatable bonds is 2. The van der Waals surface area contributed by atoms with Crippen molar-refractivity contribution in [2.75, 3.05) is 0 Å². The van der Waals surface area contributed by atoms with Crippen LogP contribution < -0.4 is 0 Å². The van der Waals surface area contributed by atoms with Crippen LogP contribution in [0.25, 0.3) is 11.0 Å². The minimum atomic E-state index is -4.36. The lowest BCUT2D eigenvalue weighted by Gasteiger charge is -2.23. The molecule has 1 heterocycles. The predicted octanol–water partition coefficient (Wildman–Crippen LogP) is 3.70. The largest absolute Gasteiger partial charge is 0.412 e. The van der Waals surface area contributed by atoms with Gasteiger partial charge in [0.05, 0.1) is 28.5 Å². The Bertz CT molecular complexity index is 723. The van der Waals surface area contributed by atoms with Crippen LogP contribution in [-0.2, 0) is 11.4 Å². The van der Waals surface area contributed by atoms with E-state index in [2.05, 4.69) is 4.98 Å². The van der Waals surface area contributed by atoms with Crippen molar-refractivity contribution < 1.29 is 13.2 Å². The van der Waals surface area contributed by atoms with E-state index in [1.165, 1.54) is 12.1 Å². The number of imidazole rings is 1. The van der Waals surface area contributed by atoms with Crippen LogP contribution in [0, 0.1) is 11.3 Å². The first-order valence-electron chi connectivity index (χ1n) is 5.97. The van der Waals surface area contributed by atoms with Gasteiger partial charge in [-0.15, -0.1) is 11.6 Å². The third-order valence-electron chi connectivity index (χ3n) is 3.65. The summed E-state index contributed by atoms with van der Waals surface area (Å²) < 4.78 is 41.2. The molecular formula is C13H9ClF3N3. The summed E-state index contributed by atoms with van der Waals surface area (Å²) in [6.07, 6.45) is -4.32. The number of alkyl halides is 4. The topological polar surface area (TPSA) is 41.6 Å². The van der Waals surface area contributed by atoms with E-state index in [-0.39, 0.29) is 24.5 Å². The average molecular weight is 300 g/mol. The van der Waals surface area contributed by atoms with Gasteiger partial charge in [0.1, 0.15) is 11.4 Å². The van der Waals surface area contributed by atoms with Crippen molar-refractivity contribution in [2.45, 2.75) is 30.4 Å². The number of hydrogen-bond donors (Lipinski definition) is 0. The molecule has 0 atom stereocenters. The van der Waals surface area contributed by atoms with E-state index in [9.17, 15) is 13.2 Å². The van der Waals surface area contributed by atoms with E-state index in [1.807, 2.05) is 6.07 Å². The first-order chi connectivity index (χ1) is 9.43. The number of aromatic nitrogens is 2. The minimum absolute atomic E-state index is 0.0165. The van der Waals surface area contributed by atoms with Crippen LogP contribution in [0.5, 0.6) is 0 Å². The van der Waals surface area contributed by atoms with E-state index >= 15 is 0 Å². The molecule has 0 bridgehead atoms. The summed E-state index contributed by atoms with van der Waals surface area (Å²) >= 11 is 5.75. The molecule has 0 N–H and O–H groups in total. The van der Waals surface area contributed by atoms with Gasteiger partial charge in [-0.05, 0) is 31.0 Å². The summed E-state index contributed by atoms with van der Waals surface area (Å²) in [5.74, 6) is 0.0839. The highest BCUT2D eigenvalue weighted by Gasteiger charge is 2.65. The standard InChI is InChI=1S/C13H9ClF3N3/c14-6-11-19-9-2-1-8(7-18)5-10(9)20(11)12(3-4-12)13(15,16)17/h1-2,5H,3-4,6H2. The molecule has 7 heteroatoms. The van der Waals surface area contributed by atoms with Crippen molar-refractivity contribution in [3.8, 4) is 6.07 Å². The number of benzene rings is 1. The Hall–Kier alpha value is -1.74. The van der Waals surface area contributed by atoms with Crippen molar-refractivity contribution in [3.05, 3.63) is 29.6 Å². The first-order valence-corrected chi connectivity index (χ1v) is 6.51. The quantitative estimate of drug-likeness (QED) is 0.793. The second-order valence-electron chi connectivity index (χ2n) is 4.84. The Labute approximate surface area is 117 Å². The van der Waals surface area contributed by atoms with Crippen LogP contribution in [0.1, 0.15) is 24.2 Å². The minimum Gasteiger partial charge on any atom is -0.311 e. The molecule has 1 aliphatic carbocycles. The molecular weight excluding hydrogens is 291 g/mol. The van der Waals surface area contributed by atoms with Gasteiger partial charge in [-0.3, -0.25) is 0 Å². The Morgan fingerprint density at radius 3 is 2.60 bits per heavy atom. The molecule has 0 amide bonds. The lowest BCUT2D eigenvalue weighted by Crippen LogP contribution is -2.35. The van der Waals surface area contributed by atoms with E-state index in [4.69, 9.17) is 16.9 Å². The molecule has 1 fully saturated rings. The highest BCUT2D eigenvalue weighted by Crippen LogP contribution is 2.57. The molecule has 1 aromatic carbocycles. The fourth-order valence-corrected chi connectivity index (χ4v) is 2.69. The van der Waals surface area contributed by atoms with Gasteiger partial charge in [-0.25, -0.2) is 4.98 Å². The molecule has 3 nitrogen and oxygen atoms in total. The molecule has 0 aliphatic heterocycles. The Kier molecular flexibility index (Phi) is 2.73. The zero-order valence-electron chi connectivity index (χ0n) is 10.2. The van der Waals surface area contributed by atoms with Crippen LogP contribution in [-0.4, -0.2) is 15.7 Å². The van der Waals surface area contributed by atoms with Crippen molar-refractivity contribution >= 4 is 22.6 Å². The summed E-state index contributed by atoms with van der Waals surface area (Å²) in [5, 5.41) is 8.90. The van der Waals surface area contributed by atoms with Crippen molar-refractivity contribution in [1.29, 1.82) is 5.26 Å². The fourth-order valence-electron chi connectivity index (χ4n) is 2.51. The van der Waals surface area contributed by atoms with E-state index in [1.54, 1.807) is 6.07 Å². The lowest BCUT2D eigenvalue weighted by molar-refractivity contribution is -0.179. The summed E-state index contributed by atoms with van der Waals surface area (Å²) in [4.78, 5) is 4.15. The van der Waals surface area contributed by atoms with Gasteiger partial charge in [0.25, 0.3) is 0 Å². The number of nitriles is 1. The fraction of sp³-hybridized carbons (Fsp3) is 0.385. The van der Waals surface area contributed by atoms with Crippen molar-refractivity contribution in [2.24, 2.45) is 0 Å². The normalized spacial score (nSPS) is 17.1. The summed E-state index contributed by atoms with van der Waals surface area (Å²) in [7, 11) is 0. The number of nitrogens with zero attached hydrogens (tertiary/aromatic N) is 3. The summed E-state index contributed by atoms with van der Waals surface area (Å²) in [5.41, 5.74) is -0.873. The van der Waals surface area contributed by atoms with Gasteiger partial charge in [-0.1, -0.05) is 0 Å². The van der Waals surface area contributed by atoms with Crippen LogP contribution in [0.15, 0.2) is 18.2 Å². The van der Waals surface area contributed by atoms with Crippen LogP contribution in [0.3, 0.4) is 0 Å². The zero-order chi connectivity index (χ0) is 14.5. The molecule has 0 radical (unpaired) electrons. The first kappa shape index (κ1) is 13.3. The Morgan fingerprint density at radius 2 is 2.10 bits per heavy atom. The van der Waals surface area contributed by atoms with Crippen LogP contribution >= 0.6 is 11.6 Å². The maximum Gasteiger partial charge on any atom is 0.412 e. The molecule has 0 saturated heterocycles.